The maximum Gasteiger partial charge on any atom is 0.194 e. The summed E-state index contributed by atoms with van der Waals surface area (Å²) in [6, 6.07) is 2.13. The molecule has 0 spiro atoms. The number of guanidine groups is 1. The summed E-state index contributed by atoms with van der Waals surface area (Å²) in [5, 5.41) is 8.01. The maximum absolute atomic E-state index is 5.17. The lowest BCUT2D eigenvalue weighted by molar-refractivity contribution is 0.182. The molecular formula is C19H32BrIN6O. The summed E-state index contributed by atoms with van der Waals surface area (Å²) < 4.78 is 10.4. The molecular weight excluding hydrogens is 535 g/mol. The van der Waals surface area contributed by atoms with Crippen LogP contribution in [0.3, 0.4) is 0 Å². The highest BCUT2D eigenvalue weighted by Gasteiger charge is 2.13. The van der Waals surface area contributed by atoms with Crippen LogP contribution in [0.5, 0.6) is 0 Å². The van der Waals surface area contributed by atoms with Crippen LogP contribution in [0, 0.1) is 13.8 Å². The van der Waals surface area contributed by atoms with Gasteiger partial charge in [0, 0.05) is 55.4 Å². The minimum Gasteiger partial charge on any atom is -0.383 e. The van der Waals surface area contributed by atoms with E-state index in [9.17, 15) is 0 Å². The van der Waals surface area contributed by atoms with Crippen LogP contribution in [-0.2, 0) is 31.4 Å². The Morgan fingerprint density at radius 2 is 2.11 bits per heavy atom. The van der Waals surface area contributed by atoms with Crippen LogP contribution in [0.25, 0.3) is 0 Å². The van der Waals surface area contributed by atoms with E-state index >= 15 is 0 Å². The molecule has 2 aromatic rings. The van der Waals surface area contributed by atoms with Crippen molar-refractivity contribution in [2.45, 2.75) is 40.4 Å². The zero-order valence-corrected chi connectivity index (χ0v) is 21.5. The highest BCUT2D eigenvalue weighted by molar-refractivity contribution is 14.0. The molecule has 158 valence electrons. The average molecular weight is 567 g/mol. The molecule has 2 heterocycles. The van der Waals surface area contributed by atoms with E-state index in [4.69, 9.17) is 9.73 Å². The molecule has 9 heteroatoms. The van der Waals surface area contributed by atoms with E-state index in [1.54, 1.807) is 7.11 Å². The van der Waals surface area contributed by atoms with Gasteiger partial charge in [0.1, 0.15) is 0 Å². The second-order valence-electron chi connectivity index (χ2n) is 6.65. The number of aliphatic imine (C=N–C) groups is 1. The van der Waals surface area contributed by atoms with E-state index in [0.717, 1.165) is 41.5 Å². The van der Waals surface area contributed by atoms with Gasteiger partial charge in [-0.3, -0.25) is 4.68 Å². The number of halogens is 2. The molecule has 0 saturated heterocycles. The summed E-state index contributed by atoms with van der Waals surface area (Å²) in [6.45, 7) is 9.84. The van der Waals surface area contributed by atoms with Crippen molar-refractivity contribution in [2.24, 2.45) is 12.0 Å². The van der Waals surface area contributed by atoms with Gasteiger partial charge in [-0.1, -0.05) is 0 Å². The Labute approximate surface area is 193 Å². The Bertz CT molecular complexity index is 786. The first-order valence-corrected chi connectivity index (χ1v) is 9.98. The number of hydrogen-bond donors (Lipinski definition) is 1. The molecule has 0 fully saturated rings. The minimum atomic E-state index is 0. The summed E-state index contributed by atoms with van der Waals surface area (Å²) in [4.78, 5) is 7.00. The lowest BCUT2D eigenvalue weighted by Crippen LogP contribution is -2.38. The van der Waals surface area contributed by atoms with Gasteiger partial charge in [-0.15, -0.1) is 24.0 Å². The van der Waals surface area contributed by atoms with Crippen LogP contribution in [0.2, 0.25) is 0 Å². The Kier molecular flexibility index (Phi) is 10.5. The fraction of sp³-hybridized carbons (Fsp3) is 0.579. The van der Waals surface area contributed by atoms with Gasteiger partial charge in [0.25, 0.3) is 0 Å². The molecule has 0 aliphatic carbocycles. The quantitative estimate of drug-likeness (QED) is 0.302. The number of aryl methyl sites for hydroxylation is 2. The summed E-state index contributed by atoms with van der Waals surface area (Å²) in [7, 11) is 5.82. The Morgan fingerprint density at radius 3 is 2.68 bits per heavy atom. The third kappa shape index (κ3) is 6.48. The summed E-state index contributed by atoms with van der Waals surface area (Å²) >= 11 is 3.53. The van der Waals surface area contributed by atoms with Gasteiger partial charge in [-0.05, 0) is 42.8 Å². The summed E-state index contributed by atoms with van der Waals surface area (Å²) in [5.41, 5.74) is 4.57. The molecule has 1 N–H and O–H groups in total. The fourth-order valence-corrected chi connectivity index (χ4v) is 3.59. The van der Waals surface area contributed by atoms with E-state index < -0.39 is 0 Å². The van der Waals surface area contributed by atoms with E-state index in [-0.39, 0.29) is 24.0 Å². The molecule has 0 saturated carbocycles. The molecule has 0 aromatic carbocycles. The van der Waals surface area contributed by atoms with Gasteiger partial charge >= 0.3 is 0 Å². The predicted molar refractivity (Wildman–Crippen MR) is 128 cm³/mol. The molecule has 0 atom stereocenters. The summed E-state index contributed by atoms with van der Waals surface area (Å²) in [5.74, 6) is 0.887. The molecule has 0 unspecified atom stereocenters. The monoisotopic (exact) mass is 566 g/mol. The second-order valence-corrected chi connectivity index (χ2v) is 7.57. The predicted octanol–water partition coefficient (Wildman–Crippen LogP) is 3.46. The Morgan fingerprint density at radius 1 is 1.39 bits per heavy atom. The third-order valence-electron chi connectivity index (χ3n) is 4.60. The maximum atomic E-state index is 5.17. The van der Waals surface area contributed by atoms with Crippen molar-refractivity contribution in [3.8, 4) is 0 Å². The van der Waals surface area contributed by atoms with Crippen molar-refractivity contribution in [1.29, 1.82) is 0 Å². The third-order valence-corrected chi connectivity index (χ3v) is 5.03. The van der Waals surface area contributed by atoms with Crippen LogP contribution in [0.1, 0.15) is 29.6 Å². The number of ether oxygens (including phenoxy) is 1. The Balaban J connectivity index is 0.00000392. The molecule has 0 aliphatic heterocycles. The van der Waals surface area contributed by atoms with Gasteiger partial charge in [-0.2, -0.15) is 5.10 Å². The standard InChI is InChI=1S/C19H31BrN6O.HI/c1-7-21-19(25(5)13-17-10-16(20)12-24(17)4)22-11-18-14(2)23-26(15(18)3)8-9-27-6;/h10,12H,7-9,11,13H2,1-6H3,(H,21,22);1H. The smallest absolute Gasteiger partial charge is 0.194 e. The number of aromatic nitrogens is 3. The minimum absolute atomic E-state index is 0. The number of rotatable bonds is 8. The van der Waals surface area contributed by atoms with Gasteiger partial charge in [0.2, 0.25) is 0 Å². The van der Waals surface area contributed by atoms with Crippen LogP contribution >= 0.6 is 39.9 Å². The molecule has 2 rings (SSSR count). The Hall–Kier alpha value is -1.07. The zero-order valence-electron chi connectivity index (χ0n) is 17.6. The van der Waals surface area contributed by atoms with Crippen molar-refractivity contribution in [3.63, 3.8) is 0 Å². The molecule has 0 amide bonds. The molecule has 0 radical (unpaired) electrons. The topological polar surface area (TPSA) is 59.6 Å². The van der Waals surface area contributed by atoms with Crippen LogP contribution in [0.15, 0.2) is 21.7 Å². The first kappa shape index (κ1) is 25.0. The van der Waals surface area contributed by atoms with E-state index in [1.807, 2.05) is 11.6 Å². The number of nitrogens with zero attached hydrogens (tertiary/aromatic N) is 5. The van der Waals surface area contributed by atoms with Gasteiger partial charge in [-0.25, -0.2) is 4.99 Å². The van der Waals surface area contributed by atoms with Gasteiger partial charge in [0.05, 0.1) is 31.9 Å². The van der Waals surface area contributed by atoms with E-state index in [0.29, 0.717) is 13.2 Å². The first-order valence-electron chi connectivity index (χ1n) is 9.19. The van der Waals surface area contributed by atoms with E-state index in [1.165, 1.54) is 11.3 Å². The molecule has 0 aliphatic rings. The van der Waals surface area contributed by atoms with Crippen LogP contribution in [-0.4, -0.2) is 52.5 Å². The number of methoxy groups -OCH3 is 1. The van der Waals surface area contributed by atoms with Crippen molar-refractivity contribution < 1.29 is 4.74 Å². The van der Waals surface area contributed by atoms with E-state index in [2.05, 4.69) is 76.0 Å². The second kappa shape index (κ2) is 11.8. The normalized spacial score (nSPS) is 11.5. The SMILES string of the molecule is CCNC(=NCc1c(C)nn(CCOC)c1C)N(C)Cc1cc(Br)cn1C.I. The van der Waals surface area contributed by atoms with Crippen molar-refractivity contribution in [2.75, 3.05) is 27.3 Å². The first-order chi connectivity index (χ1) is 12.9. The largest absolute Gasteiger partial charge is 0.383 e. The van der Waals surface area contributed by atoms with Crippen molar-refractivity contribution in [3.05, 3.63) is 39.4 Å². The summed E-state index contributed by atoms with van der Waals surface area (Å²) in [6.07, 6.45) is 2.06. The average Bonchev–Trinajstić information content (AvgIpc) is 3.07. The molecule has 0 bridgehead atoms. The van der Waals surface area contributed by atoms with Gasteiger partial charge < -0.3 is 19.5 Å². The lowest BCUT2D eigenvalue weighted by Gasteiger charge is -2.22. The number of nitrogens with one attached hydrogen (secondary N) is 1. The highest BCUT2D eigenvalue weighted by Crippen LogP contribution is 2.16. The van der Waals surface area contributed by atoms with Crippen LogP contribution in [0.4, 0.5) is 0 Å². The van der Waals surface area contributed by atoms with Gasteiger partial charge in [0.15, 0.2) is 5.96 Å². The number of hydrogen-bond acceptors (Lipinski definition) is 3. The fourth-order valence-electron chi connectivity index (χ4n) is 3.02. The zero-order chi connectivity index (χ0) is 20.0. The lowest BCUT2D eigenvalue weighted by atomic mass is 10.2. The van der Waals surface area contributed by atoms with Crippen LogP contribution < -0.4 is 5.32 Å². The molecule has 7 nitrogen and oxygen atoms in total. The molecule has 28 heavy (non-hydrogen) atoms. The molecule has 2 aromatic heterocycles. The van der Waals surface area contributed by atoms with Crippen molar-refractivity contribution >= 4 is 45.9 Å². The highest BCUT2D eigenvalue weighted by atomic mass is 127. The van der Waals surface area contributed by atoms with Crippen molar-refractivity contribution in [1.82, 2.24) is 24.6 Å².